The van der Waals surface area contributed by atoms with Crippen LogP contribution in [0.15, 0.2) is 47.6 Å². The Morgan fingerprint density at radius 2 is 1.91 bits per heavy atom. The zero-order chi connectivity index (χ0) is 22.1. The normalized spacial score (nSPS) is 16.7. The third-order valence-electron chi connectivity index (χ3n) is 5.48. The molecule has 1 aromatic carbocycles. The second kappa shape index (κ2) is 8.31. The Hall–Kier alpha value is -3.92. The van der Waals surface area contributed by atoms with Crippen LogP contribution >= 0.6 is 0 Å². The highest BCUT2D eigenvalue weighted by Gasteiger charge is 2.17. The number of H-pyrrole nitrogens is 1. The summed E-state index contributed by atoms with van der Waals surface area (Å²) in [5.41, 5.74) is 2.20. The van der Waals surface area contributed by atoms with Crippen molar-refractivity contribution in [1.29, 1.82) is 0 Å². The lowest BCUT2D eigenvalue weighted by molar-refractivity contribution is 0.360. The van der Waals surface area contributed by atoms with Gasteiger partial charge in [0.05, 0.1) is 11.9 Å². The number of anilines is 1. The molecule has 1 aliphatic rings. The van der Waals surface area contributed by atoms with Gasteiger partial charge in [0.2, 0.25) is 5.95 Å². The largest absolute Gasteiger partial charge is 0.494 e. The Balaban J connectivity index is 1.70. The summed E-state index contributed by atoms with van der Waals surface area (Å²) in [6.45, 7) is 3.62. The minimum Gasteiger partial charge on any atom is -0.494 e. The average molecular weight is 432 g/mol. The highest BCUT2D eigenvalue weighted by atomic mass is 16.3. The highest BCUT2D eigenvalue weighted by molar-refractivity contribution is 5.61. The zero-order valence-electron chi connectivity index (χ0n) is 17.7. The van der Waals surface area contributed by atoms with E-state index in [1.165, 1.54) is 6.07 Å². The van der Waals surface area contributed by atoms with Crippen LogP contribution in [0.3, 0.4) is 0 Å². The molecule has 4 aromatic rings. The molecule has 0 atom stereocenters. The van der Waals surface area contributed by atoms with Crippen LogP contribution in [0.4, 0.5) is 11.6 Å². The lowest BCUT2D eigenvalue weighted by Crippen LogP contribution is -2.33. The molecule has 0 radical (unpaired) electrons. The van der Waals surface area contributed by atoms with Crippen molar-refractivity contribution in [2.75, 3.05) is 38.1 Å². The van der Waals surface area contributed by atoms with E-state index >= 15 is 0 Å². The first kappa shape index (κ1) is 20.0. The maximum atomic E-state index is 10.0. The summed E-state index contributed by atoms with van der Waals surface area (Å²) in [5, 5.41) is 24.8. The number of nitrogens with one attached hydrogen (secondary N) is 1. The van der Waals surface area contributed by atoms with Crippen LogP contribution < -0.4 is 15.7 Å². The molecule has 164 valence electrons. The summed E-state index contributed by atoms with van der Waals surface area (Å²) < 4.78 is 1.59. The molecule has 1 aliphatic heterocycles. The molecule has 0 aliphatic carbocycles. The quantitative estimate of drug-likeness (QED) is 0.438. The number of rotatable bonds is 3. The second-order valence-electron chi connectivity index (χ2n) is 7.85. The maximum Gasteiger partial charge on any atom is 0.256 e. The summed E-state index contributed by atoms with van der Waals surface area (Å²) in [7, 11) is 2.12. The van der Waals surface area contributed by atoms with Crippen LogP contribution in [-0.4, -0.2) is 72.9 Å². The van der Waals surface area contributed by atoms with Gasteiger partial charge in [-0.25, -0.2) is 4.99 Å². The van der Waals surface area contributed by atoms with E-state index in [9.17, 15) is 10.2 Å². The van der Waals surface area contributed by atoms with Crippen molar-refractivity contribution < 1.29 is 10.2 Å². The number of hydrogen-bond acceptors (Lipinski definition) is 8. The molecule has 5 rings (SSSR count). The summed E-state index contributed by atoms with van der Waals surface area (Å²) in [6.07, 6.45) is 4.38. The number of para-hydroxylation sites is 1. The van der Waals surface area contributed by atoms with E-state index in [1.54, 1.807) is 16.8 Å². The maximum absolute atomic E-state index is 10.0. The van der Waals surface area contributed by atoms with Gasteiger partial charge in [0, 0.05) is 36.5 Å². The van der Waals surface area contributed by atoms with Crippen LogP contribution in [0.2, 0.25) is 0 Å². The first-order chi connectivity index (χ1) is 15.6. The fraction of sp³-hybridized carbons (Fsp3) is 0.273. The van der Waals surface area contributed by atoms with Gasteiger partial charge in [0.1, 0.15) is 0 Å². The topological polar surface area (TPSA) is 118 Å². The standard InChI is InChI=1S/C22H24N8O2/c1-28-8-5-9-29(11-10-28)21-26-19-16(12-15-13-18(31)25-20(15)32)14-23-30(19)22(27-21)24-17-6-3-2-4-7-17/h2-4,6-7,12-14,25,31-32H,5,8-11H2,1H3. The van der Waals surface area contributed by atoms with Gasteiger partial charge in [-0.2, -0.15) is 19.6 Å². The first-order valence-corrected chi connectivity index (χ1v) is 10.5. The molecule has 4 heterocycles. The first-order valence-electron chi connectivity index (χ1n) is 10.5. The molecule has 0 spiro atoms. The van der Waals surface area contributed by atoms with Crippen LogP contribution in [0.1, 0.15) is 12.0 Å². The fourth-order valence-corrected chi connectivity index (χ4v) is 3.77. The number of hydrogen-bond donors (Lipinski definition) is 3. The number of fused-ring (bicyclic) bond motifs is 1. The molecule has 1 saturated heterocycles. The van der Waals surface area contributed by atoms with Gasteiger partial charge in [-0.15, -0.1) is 0 Å². The molecular weight excluding hydrogens is 408 g/mol. The second-order valence-corrected chi connectivity index (χ2v) is 7.85. The number of benzene rings is 1. The molecule has 10 nitrogen and oxygen atoms in total. The molecule has 32 heavy (non-hydrogen) atoms. The Morgan fingerprint density at radius 1 is 1.06 bits per heavy atom. The number of nitrogens with zero attached hydrogens (tertiary/aromatic N) is 7. The third-order valence-corrected chi connectivity index (χ3v) is 5.48. The van der Waals surface area contributed by atoms with E-state index in [-0.39, 0.29) is 11.8 Å². The van der Waals surface area contributed by atoms with E-state index in [2.05, 4.69) is 26.9 Å². The number of likely N-dealkylation sites (N-methyl/N-ethyl adjacent to an activating group) is 1. The van der Waals surface area contributed by atoms with Crippen molar-refractivity contribution in [3.63, 3.8) is 0 Å². The molecule has 0 bridgehead atoms. The lowest BCUT2D eigenvalue weighted by Gasteiger charge is -2.20. The van der Waals surface area contributed by atoms with Gasteiger partial charge in [-0.3, -0.25) is 4.98 Å². The van der Waals surface area contributed by atoms with Gasteiger partial charge in [0.15, 0.2) is 17.4 Å². The summed E-state index contributed by atoms with van der Waals surface area (Å²) >= 11 is 0. The van der Waals surface area contributed by atoms with E-state index in [0.29, 0.717) is 28.0 Å². The zero-order valence-corrected chi connectivity index (χ0v) is 17.7. The molecular formula is C22H24N8O2. The van der Waals surface area contributed by atoms with Crippen molar-refractivity contribution >= 4 is 23.4 Å². The number of aromatic nitrogens is 5. The van der Waals surface area contributed by atoms with Gasteiger partial charge in [-0.1, -0.05) is 18.2 Å². The van der Waals surface area contributed by atoms with Crippen molar-refractivity contribution in [2.45, 2.75) is 6.42 Å². The fourth-order valence-electron chi connectivity index (χ4n) is 3.77. The Bertz CT molecular complexity index is 1360. The van der Waals surface area contributed by atoms with Crippen molar-refractivity contribution in [2.24, 2.45) is 4.99 Å². The smallest absolute Gasteiger partial charge is 0.256 e. The molecule has 10 heteroatoms. The SMILES string of the molecule is CN1CCCN(c2nc(=Nc3ccccc3)n3ncc(=Cc4cc(O)[nH]c4O)c3n2)CC1. The molecule has 3 N–H and O–H groups in total. The van der Waals surface area contributed by atoms with Crippen LogP contribution in [0.5, 0.6) is 11.8 Å². The molecule has 0 saturated carbocycles. The predicted molar refractivity (Wildman–Crippen MR) is 120 cm³/mol. The van der Waals surface area contributed by atoms with Crippen LogP contribution in [-0.2, 0) is 0 Å². The molecule has 3 aromatic heterocycles. The van der Waals surface area contributed by atoms with Crippen LogP contribution in [0, 0.1) is 0 Å². The van der Waals surface area contributed by atoms with E-state index in [0.717, 1.165) is 38.3 Å². The highest BCUT2D eigenvalue weighted by Crippen LogP contribution is 2.22. The van der Waals surface area contributed by atoms with Crippen molar-refractivity contribution in [1.82, 2.24) is 29.5 Å². The van der Waals surface area contributed by atoms with Gasteiger partial charge < -0.3 is 20.0 Å². The van der Waals surface area contributed by atoms with Crippen molar-refractivity contribution in [3.8, 4) is 11.8 Å². The predicted octanol–water partition coefficient (Wildman–Crippen LogP) is 0.786. The van der Waals surface area contributed by atoms with Gasteiger partial charge in [0.25, 0.3) is 5.62 Å². The summed E-state index contributed by atoms with van der Waals surface area (Å²) in [6, 6.07) is 11.0. The van der Waals surface area contributed by atoms with Crippen molar-refractivity contribution in [3.05, 3.63) is 59.0 Å². The summed E-state index contributed by atoms with van der Waals surface area (Å²) in [5.74, 6) is 0.355. The molecule has 1 fully saturated rings. The van der Waals surface area contributed by atoms with E-state index in [4.69, 9.17) is 15.0 Å². The van der Waals surface area contributed by atoms with E-state index < -0.39 is 0 Å². The van der Waals surface area contributed by atoms with Crippen LogP contribution in [0.25, 0.3) is 11.7 Å². The summed E-state index contributed by atoms with van der Waals surface area (Å²) in [4.78, 5) is 21.2. The lowest BCUT2D eigenvalue weighted by atomic mass is 10.2. The van der Waals surface area contributed by atoms with E-state index in [1.807, 2.05) is 30.3 Å². The molecule has 0 unspecified atom stereocenters. The average Bonchev–Trinajstić information content (AvgIpc) is 3.24. The Kier molecular flexibility index (Phi) is 5.20. The minimum absolute atomic E-state index is 0.117. The number of aromatic hydroxyl groups is 2. The molecule has 0 amide bonds. The minimum atomic E-state index is -0.124. The van der Waals surface area contributed by atoms with Gasteiger partial charge >= 0.3 is 0 Å². The third kappa shape index (κ3) is 4.00. The monoisotopic (exact) mass is 432 g/mol. The Labute approximate surface area is 183 Å². The van der Waals surface area contributed by atoms with Gasteiger partial charge in [-0.05, 0) is 38.2 Å². The number of aromatic amines is 1. The Morgan fingerprint density at radius 3 is 2.69 bits per heavy atom.